The molecule has 0 saturated carbocycles. The molecule has 1 unspecified atom stereocenters. The molecule has 1 rings (SSSR count). The Morgan fingerprint density at radius 2 is 2.00 bits per heavy atom. The number of unbranched alkanes of at least 4 members (excludes halogenated alkanes) is 2. The van der Waals surface area contributed by atoms with Gasteiger partial charge in [-0.2, -0.15) is 0 Å². The van der Waals surface area contributed by atoms with Gasteiger partial charge in [0.05, 0.1) is 15.6 Å². The Bertz CT molecular complexity index is 559. The van der Waals surface area contributed by atoms with E-state index in [1.54, 1.807) is 13.0 Å². The zero-order valence-electron chi connectivity index (χ0n) is 12.2. The zero-order valence-corrected chi connectivity index (χ0v) is 13.8. The number of halogens is 1. The molecule has 0 fully saturated rings. The van der Waals surface area contributed by atoms with E-state index in [4.69, 9.17) is 17.3 Å². The summed E-state index contributed by atoms with van der Waals surface area (Å²) in [6.45, 7) is 5.71. The molecule has 0 amide bonds. The predicted octanol–water partition coefficient (Wildman–Crippen LogP) is 3.48. The Hall–Kier alpha value is -0.780. The maximum Gasteiger partial charge on any atom is 0.241 e. The minimum atomic E-state index is -3.56. The molecule has 0 spiro atoms. The van der Waals surface area contributed by atoms with Gasteiger partial charge in [0.15, 0.2) is 0 Å². The lowest BCUT2D eigenvalue weighted by molar-refractivity contribution is 0.527. The third-order valence-corrected chi connectivity index (χ3v) is 5.24. The second-order valence-corrected chi connectivity index (χ2v) is 7.25. The number of nitrogen functional groups attached to an aromatic ring is 1. The highest BCUT2D eigenvalue weighted by Crippen LogP contribution is 2.26. The van der Waals surface area contributed by atoms with Gasteiger partial charge in [-0.25, -0.2) is 13.1 Å². The van der Waals surface area contributed by atoms with Crippen LogP contribution in [0.3, 0.4) is 0 Å². The van der Waals surface area contributed by atoms with E-state index >= 15 is 0 Å². The van der Waals surface area contributed by atoms with Crippen LogP contribution in [-0.2, 0) is 10.0 Å². The van der Waals surface area contributed by atoms with Crippen LogP contribution in [0.4, 0.5) is 5.69 Å². The third kappa shape index (κ3) is 4.65. The van der Waals surface area contributed by atoms with Crippen molar-refractivity contribution in [1.29, 1.82) is 0 Å². The standard InChI is InChI=1S/C14H23ClN2O2S/c1-4-5-6-7-11(3)17-20(18,19)14-9-13(16)12(15)8-10(14)2/h8-9,11,17H,4-7,16H2,1-3H3. The summed E-state index contributed by atoms with van der Waals surface area (Å²) in [5, 5.41) is 0.373. The summed E-state index contributed by atoms with van der Waals surface area (Å²) in [6.07, 6.45) is 4.07. The van der Waals surface area contributed by atoms with Crippen LogP contribution in [0, 0.1) is 6.92 Å². The van der Waals surface area contributed by atoms with Crippen molar-refractivity contribution < 1.29 is 8.42 Å². The van der Waals surface area contributed by atoms with Crippen molar-refractivity contribution in [2.75, 3.05) is 5.73 Å². The molecule has 0 aliphatic heterocycles. The molecule has 1 aromatic rings. The molecule has 0 heterocycles. The van der Waals surface area contributed by atoms with E-state index in [0.29, 0.717) is 10.6 Å². The molecule has 6 heteroatoms. The fraction of sp³-hybridized carbons (Fsp3) is 0.571. The molecule has 3 N–H and O–H groups in total. The Balaban J connectivity index is 2.86. The van der Waals surface area contributed by atoms with Gasteiger partial charge in [-0.05, 0) is 38.0 Å². The lowest BCUT2D eigenvalue weighted by Gasteiger charge is -2.16. The summed E-state index contributed by atoms with van der Waals surface area (Å²) in [4.78, 5) is 0.196. The number of hydrogen-bond acceptors (Lipinski definition) is 3. The quantitative estimate of drug-likeness (QED) is 0.597. The fourth-order valence-corrected chi connectivity index (χ4v) is 3.80. The number of sulfonamides is 1. The maximum atomic E-state index is 12.3. The molecule has 4 nitrogen and oxygen atoms in total. The van der Waals surface area contributed by atoms with Crippen molar-refractivity contribution in [1.82, 2.24) is 4.72 Å². The summed E-state index contributed by atoms with van der Waals surface area (Å²) in [7, 11) is -3.56. The third-order valence-electron chi connectivity index (χ3n) is 3.18. The highest BCUT2D eigenvalue weighted by Gasteiger charge is 2.20. The second-order valence-electron chi connectivity index (χ2n) is 5.16. The Kier molecular flexibility index (Phi) is 6.30. The largest absolute Gasteiger partial charge is 0.397 e. The van der Waals surface area contributed by atoms with Crippen molar-refractivity contribution in [3.05, 3.63) is 22.7 Å². The predicted molar refractivity (Wildman–Crippen MR) is 84.5 cm³/mol. The molecule has 0 aliphatic rings. The minimum absolute atomic E-state index is 0.0946. The normalized spacial score (nSPS) is 13.4. The van der Waals surface area contributed by atoms with Gasteiger partial charge in [0, 0.05) is 6.04 Å². The Morgan fingerprint density at radius 1 is 1.35 bits per heavy atom. The average Bonchev–Trinajstić information content (AvgIpc) is 2.33. The lowest BCUT2D eigenvalue weighted by Crippen LogP contribution is -2.33. The first-order valence-corrected chi connectivity index (χ1v) is 8.72. The minimum Gasteiger partial charge on any atom is -0.397 e. The number of rotatable bonds is 7. The smallest absolute Gasteiger partial charge is 0.241 e. The van der Waals surface area contributed by atoms with Gasteiger partial charge >= 0.3 is 0 Å². The molecule has 0 bridgehead atoms. The fourth-order valence-electron chi connectivity index (χ4n) is 2.05. The lowest BCUT2D eigenvalue weighted by atomic mass is 10.1. The Morgan fingerprint density at radius 3 is 2.60 bits per heavy atom. The van der Waals surface area contributed by atoms with Crippen molar-refractivity contribution in [3.8, 4) is 0 Å². The zero-order chi connectivity index (χ0) is 15.3. The maximum absolute atomic E-state index is 12.3. The van der Waals surface area contributed by atoms with Crippen molar-refractivity contribution in [2.45, 2.75) is 57.4 Å². The number of benzene rings is 1. The molecular weight excluding hydrogens is 296 g/mol. The van der Waals surface area contributed by atoms with Gasteiger partial charge in [0.25, 0.3) is 0 Å². The van der Waals surface area contributed by atoms with E-state index in [1.807, 2.05) is 6.92 Å². The van der Waals surface area contributed by atoms with Crippen LogP contribution in [0.15, 0.2) is 17.0 Å². The van der Waals surface area contributed by atoms with E-state index in [1.165, 1.54) is 6.07 Å². The molecule has 20 heavy (non-hydrogen) atoms. The first kappa shape index (κ1) is 17.3. The number of nitrogens with one attached hydrogen (secondary N) is 1. The molecule has 0 radical (unpaired) electrons. The molecule has 0 aromatic heterocycles. The summed E-state index contributed by atoms with van der Waals surface area (Å²) < 4.78 is 27.4. The molecular formula is C14H23ClN2O2S. The van der Waals surface area contributed by atoms with Crippen LogP contribution < -0.4 is 10.5 Å². The highest BCUT2D eigenvalue weighted by atomic mass is 35.5. The van der Waals surface area contributed by atoms with Crippen LogP contribution in [0.5, 0.6) is 0 Å². The van der Waals surface area contributed by atoms with Gasteiger partial charge in [0.1, 0.15) is 0 Å². The van der Waals surface area contributed by atoms with E-state index in [2.05, 4.69) is 11.6 Å². The first-order chi connectivity index (χ1) is 9.27. The summed E-state index contributed by atoms with van der Waals surface area (Å²) in [5.41, 5.74) is 6.56. The van der Waals surface area contributed by atoms with E-state index in [9.17, 15) is 8.42 Å². The molecule has 0 saturated heterocycles. The van der Waals surface area contributed by atoms with Gasteiger partial charge in [-0.1, -0.05) is 37.8 Å². The van der Waals surface area contributed by atoms with Gasteiger partial charge in [-0.15, -0.1) is 0 Å². The number of anilines is 1. The van der Waals surface area contributed by atoms with E-state index in [0.717, 1.165) is 25.7 Å². The topological polar surface area (TPSA) is 72.2 Å². The summed E-state index contributed by atoms with van der Waals surface area (Å²) >= 11 is 5.89. The summed E-state index contributed by atoms with van der Waals surface area (Å²) in [6, 6.07) is 2.90. The van der Waals surface area contributed by atoms with E-state index in [-0.39, 0.29) is 16.6 Å². The van der Waals surface area contributed by atoms with Crippen molar-refractivity contribution in [2.24, 2.45) is 0 Å². The van der Waals surface area contributed by atoms with Gasteiger partial charge < -0.3 is 5.73 Å². The Labute approximate surface area is 126 Å². The molecule has 0 aliphatic carbocycles. The van der Waals surface area contributed by atoms with Crippen molar-refractivity contribution >= 4 is 27.3 Å². The number of hydrogen-bond donors (Lipinski definition) is 2. The molecule has 1 aromatic carbocycles. The monoisotopic (exact) mass is 318 g/mol. The molecule has 114 valence electrons. The second kappa shape index (κ2) is 7.29. The first-order valence-electron chi connectivity index (χ1n) is 6.86. The number of aryl methyl sites for hydroxylation is 1. The molecule has 1 atom stereocenters. The summed E-state index contributed by atoms with van der Waals surface area (Å²) in [5.74, 6) is 0. The van der Waals surface area contributed by atoms with Crippen LogP contribution >= 0.6 is 11.6 Å². The SMILES string of the molecule is CCCCCC(C)NS(=O)(=O)c1cc(N)c(Cl)cc1C. The van der Waals surface area contributed by atoms with Crippen LogP contribution in [-0.4, -0.2) is 14.5 Å². The van der Waals surface area contributed by atoms with E-state index < -0.39 is 10.0 Å². The van der Waals surface area contributed by atoms with Crippen LogP contribution in [0.25, 0.3) is 0 Å². The van der Waals surface area contributed by atoms with Gasteiger partial charge in [-0.3, -0.25) is 0 Å². The van der Waals surface area contributed by atoms with Crippen LogP contribution in [0.1, 0.15) is 45.1 Å². The van der Waals surface area contributed by atoms with Crippen molar-refractivity contribution in [3.63, 3.8) is 0 Å². The number of nitrogens with two attached hydrogens (primary N) is 1. The van der Waals surface area contributed by atoms with Gasteiger partial charge in [0.2, 0.25) is 10.0 Å². The van der Waals surface area contributed by atoms with Crippen LogP contribution in [0.2, 0.25) is 5.02 Å². The highest BCUT2D eigenvalue weighted by molar-refractivity contribution is 7.89. The average molecular weight is 319 g/mol.